The molecule has 98 valence electrons. The molecule has 2 aliphatic rings. The molecule has 2 bridgehead atoms. The van der Waals surface area contributed by atoms with E-state index in [1.807, 2.05) is 0 Å². The summed E-state index contributed by atoms with van der Waals surface area (Å²) >= 11 is 0. The standard InChI is InChI=1S/C17H25N/c1-2-13-5-3-4-6-16(13)17(18)11-15-10-12-7-8-14(15)9-12/h3-6,12,14-15,17H,2,7-11,18H2,1H3. The van der Waals surface area contributed by atoms with Crippen LogP contribution in [0.4, 0.5) is 0 Å². The zero-order valence-electron chi connectivity index (χ0n) is 11.4. The van der Waals surface area contributed by atoms with Crippen LogP contribution in [0.15, 0.2) is 24.3 Å². The van der Waals surface area contributed by atoms with Gasteiger partial charge in [-0.05, 0) is 61.0 Å². The van der Waals surface area contributed by atoms with Crippen molar-refractivity contribution in [1.82, 2.24) is 0 Å². The first kappa shape index (κ1) is 12.2. The average molecular weight is 243 g/mol. The van der Waals surface area contributed by atoms with E-state index >= 15 is 0 Å². The van der Waals surface area contributed by atoms with Gasteiger partial charge >= 0.3 is 0 Å². The molecule has 2 fully saturated rings. The summed E-state index contributed by atoms with van der Waals surface area (Å²) in [6, 6.07) is 8.99. The van der Waals surface area contributed by atoms with Gasteiger partial charge in [0.2, 0.25) is 0 Å². The fourth-order valence-electron chi connectivity index (χ4n) is 4.34. The second kappa shape index (κ2) is 5.05. The van der Waals surface area contributed by atoms with Crippen LogP contribution in [0.1, 0.15) is 56.2 Å². The molecule has 0 aliphatic heterocycles. The number of fused-ring (bicyclic) bond motifs is 2. The number of aryl methyl sites for hydroxylation is 1. The molecule has 0 amide bonds. The van der Waals surface area contributed by atoms with Gasteiger partial charge in [0.25, 0.3) is 0 Å². The summed E-state index contributed by atoms with van der Waals surface area (Å²) < 4.78 is 0. The predicted molar refractivity (Wildman–Crippen MR) is 76.3 cm³/mol. The Hall–Kier alpha value is -0.820. The number of hydrogen-bond donors (Lipinski definition) is 1. The zero-order chi connectivity index (χ0) is 12.5. The summed E-state index contributed by atoms with van der Waals surface area (Å²) in [5.41, 5.74) is 9.31. The lowest BCUT2D eigenvalue weighted by atomic mass is 9.82. The normalized spacial score (nSPS) is 31.8. The molecule has 1 heteroatoms. The van der Waals surface area contributed by atoms with Crippen LogP contribution in [-0.2, 0) is 6.42 Å². The summed E-state index contributed by atoms with van der Waals surface area (Å²) in [5.74, 6) is 2.94. The van der Waals surface area contributed by atoms with E-state index in [9.17, 15) is 0 Å². The molecule has 0 saturated heterocycles. The molecule has 18 heavy (non-hydrogen) atoms. The summed E-state index contributed by atoms with van der Waals surface area (Å²) in [7, 11) is 0. The van der Waals surface area contributed by atoms with E-state index in [0.717, 1.165) is 24.2 Å². The Morgan fingerprint density at radius 1 is 1.22 bits per heavy atom. The molecule has 0 aromatic heterocycles. The van der Waals surface area contributed by atoms with Gasteiger partial charge in [-0.2, -0.15) is 0 Å². The molecule has 4 atom stereocenters. The second-order valence-corrected chi connectivity index (χ2v) is 6.33. The Kier molecular flexibility index (Phi) is 3.43. The van der Waals surface area contributed by atoms with Gasteiger partial charge in [0.05, 0.1) is 0 Å². The van der Waals surface area contributed by atoms with Gasteiger partial charge in [0, 0.05) is 6.04 Å². The molecule has 1 nitrogen and oxygen atoms in total. The zero-order valence-corrected chi connectivity index (χ0v) is 11.4. The van der Waals surface area contributed by atoms with E-state index in [-0.39, 0.29) is 6.04 Å². The lowest BCUT2D eigenvalue weighted by molar-refractivity contribution is 0.296. The topological polar surface area (TPSA) is 26.0 Å². The highest BCUT2D eigenvalue weighted by Gasteiger charge is 2.39. The quantitative estimate of drug-likeness (QED) is 0.847. The van der Waals surface area contributed by atoms with Gasteiger partial charge in [-0.1, -0.05) is 37.6 Å². The first-order valence-electron chi connectivity index (χ1n) is 7.61. The van der Waals surface area contributed by atoms with Crippen LogP contribution in [0, 0.1) is 17.8 Å². The fourth-order valence-corrected chi connectivity index (χ4v) is 4.34. The lowest BCUT2D eigenvalue weighted by Crippen LogP contribution is -2.20. The van der Waals surface area contributed by atoms with Crippen LogP contribution in [0.5, 0.6) is 0 Å². The van der Waals surface area contributed by atoms with Crippen LogP contribution < -0.4 is 5.73 Å². The minimum absolute atomic E-state index is 0.255. The van der Waals surface area contributed by atoms with Crippen LogP contribution in [0.3, 0.4) is 0 Å². The first-order valence-corrected chi connectivity index (χ1v) is 7.61. The van der Waals surface area contributed by atoms with Crippen molar-refractivity contribution in [2.75, 3.05) is 0 Å². The predicted octanol–water partition coefficient (Wildman–Crippen LogP) is 4.08. The van der Waals surface area contributed by atoms with E-state index < -0.39 is 0 Å². The Morgan fingerprint density at radius 3 is 2.72 bits per heavy atom. The maximum atomic E-state index is 6.48. The first-order chi connectivity index (χ1) is 8.78. The highest BCUT2D eigenvalue weighted by atomic mass is 14.6. The largest absolute Gasteiger partial charge is 0.324 e. The summed E-state index contributed by atoms with van der Waals surface area (Å²) in [4.78, 5) is 0. The van der Waals surface area contributed by atoms with Crippen molar-refractivity contribution in [3.63, 3.8) is 0 Å². The number of nitrogens with two attached hydrogens (primary N) is 1. The molecule has 1 aromatic carbocycles. The molecule has 0 spiro atoms. The van der Waals surface area contributed by atoms with Gasteiger partial charge in [-0.25, -0.2) is 0 Å². The molecule has 2 aliphatic carbocycles. The summed E-state index contributed by atoms with van der Waals surface area (Å²) in [5, 5.41) is 0. The maximum Gasteiger partial charge on any atom is 0.0300 e. The van der Waals surface area contributed by atoms with Crippen LogP contribution >= 0.6 is 0 Å². The van der Waals surface area contributed by atoms with Crippen molar-refractivity contribution in [2.24, 2.45) is 23.5 Å². The van der Waals surface area contributed by atoms with Crippen molar-refractivity contribution in [3.05, 3.63) is 35.4 Å². The van der Waals surface area contributed by atoms with Gasteiger partial charge in [0.1, 0.15) is 0 Å². The summed E-state index contributed by atoms with van der Waals surface area (Å²) in [6.07, 6.45) is 8.21. The highest BCUT2D eigenvalue weighted by Crippen LogP contribution is 2.50. The van der Waals surface area contributed by atoms with Crippen molar-refractivity contribution in [3.8, 4) is 0 Å². The van der Waals surface area contributed by atoms with Crippen molar-refractivity contribution in [2.45, 2.75) is 51.5 Å². The molecule has 0 radical (unpaired) electrons. The van der Waals surface area contributed by atoms with Crippen LogP contribution in [0.2, 0.25) is 0 Å². The Labute approximate surface area is 111 Å². The van der Waals surface area contributed by atoms with E-state index in [1.165, 1.54) is 43.2 Å². The monoisotopic (exact) mass is 243 g/mol. The molecule has 3 rings (SSSR count). The SMILES string of the molecule is CCc1ccccc1C(N)CC1CC2CCC1C2. The van der Waals surface area contributed by atoms with Crippen LogP contribution in [0.25, 0.3) is 0 Å². The van der Waals surface area contributed by atoms with Crippen molar-refractivity contribution >= 4 is 0 Å². The van der Waals surface area contributed by atoms with Crippen LogP contribution in [-0.4, -0.2) is 0 Å². The molecule has 1 aromatic rings. The molecular formula is C17H25N. The molecule has 4 unspecified atom stereocenters. The smallest absolute Gasteiger partial charge is 0.0300 e. The molecule has 2 saturated carbocycles. The Bertz CT molecular complexity index is 412. The number of rotatable bonds is 4. The number of hydrogen-bond acceptors (Lipinski definition) is 1. The Balaban J connectivity index is 1.69. The lowest BCUT2D eigenvalue weighted by Gasteiger charge is -2.25. The fraction of sp³-hybridized carbons (Fsp3) is 0.647. The molecular weight excluding hydrogens is 218 g/mol. The minimum Gasteiger partial charge on any atom is -0.324 e. The number of benzene rings is 1. The van der Waals surface area contributed by atoms with Crippen molar-refractivity contribution < 1.29 is 0 Å². The Morgan fingerprint density at radius 2 is 2.06 bits per heavy atom. The van der Waals surface area contributed by atoms with Gasteiger partial charge in [0.15, 0.2) is 0 Å². The van der Waals surface area contributed by atoms with E-state index in [2.05, 4.69) is 31.2 Å². The highest BCUT2D eigenvalue weighted by molar-refractivity contribution is 5.29. The third-order valence-electron chi connectivity index (χ3n) is 5.28. The summed E-state index contributed by atoms with van der Waals surface area (Å²) in [6.45, 7) is 2.23. The average Bonchev–Trinajstić information content (AvgIpc) is 3.01. The molecule has 2 N–H and O–H groups in total. The maximum absolute atomic E-state index is 6.48. The third kappa shape index (κ3) is 2.21. The third-order valence-corrected chi connectivity index (χ3v) is 5.28. The van der Waals surface area contributed by atoms with E-state index in [1.54, 1.807) is 0 Å². The van der Waals surface area contributed by atoms with E-state index in [4.69, 9.17) is 5.73 Å². The van der Waals surface area contributed by atoms with Crippen molar-refractivity contribution in [1.29, 1.82) is 0 Å². The molecule has 0 heterocycles. The van der Waals surface area contributed by atoms with Gasteiger partial charge in [-0.15, -0.1) is 0 Å². The van der Waals surface area contributed by atoms with Gasteiger partial charge < -0.3 is 5.73 Å². The van der Waals surface area contributed by atoms with E-state index in [0.29, 0.717) is 0 Å². The minimum atomic E-state index is 0.255. The van der Waals surface area contributed by atoms with Gasteiger partial charge in [-0.3, -0.25) is 0 Å². The second-order valence-electron chi connectivity index (χ2n) is 6.33.